The maximum Gasteiger partial charge on any atom is 0.271 e. The van der Waals surface area contributed by atoms with Gasteiger partial charge in [-0.15, -0.1) is 0 Å². The molecule has 1 heterocycles. The maximum atomic E-state index is 12.4. The minimum Gasteiger partial charge on any atom is -0.494 e. The highest BCUT2D eigenvalue weighted by atomic mass is 35.5. The second-order valence-electron chi connectivity index (χ2n) is 7.12. The third-order valence-corrected chi connectivity index (χ3v) is 5.56. The second kappa shape index (κ2) is 9.90. The van der Waals surface area contributed by atoms with Crippen molar-refractivity contribution in [3.05, 3.63) is 99.7 Å². The minimum absolute atomic E-state index is 0.291. The van der Waals surface area contributed by atoms with Gasteiger partial charge in [-0.25, -0.2) is 5.43 Å². The highest BCUT2D eigenvalue weighted by Crippen LogP contribution is 2.25. The summed E-state index contributed by atoms with van der Waals surface area (Å²) in [5.41, 5.74) is 5.98. The summed E-state index contributed by atoms with van der Waals surface area (Å²) in [5, 5.41) is 6.41. The molecule has 0 radical (unpaired) electrons. The fraction of sp³-hybridized carbons (Fsp3) is 0.120. The van der Waals surface area contributed by atoms with Crippen LogP contribution in [0.5, 0.6) is 5.75 Å². The molecule has 0 fully saturated rings. The molecule has 4 aromatic rings. The molecule has 5 nitrogen and oxygen atoms in total. The normalized spacial score (nSPS) is 11.2. The van der Waals surface area contributed by atoms with Crippen molar-refractivity contribution in [2.45, 2.75) is 13.5 Å². The minimum atomic E-state index is -0.291. The van der Waals surface area contributed by atoms with E-state index in [1.165, 1.54) is 0 Å². The summed E-state index contributed by atoms with van der Waals surface area (Å²) in [6.45, 7) is 3.08. The van der Waals surface area contributed by atoms with Crippen LogP contribution in [-0.2, 0) is 6.54 Å². The smallest absolute Gasteiger partial charge is 0.271 e. The van der Waals surface area contributed by atoms with E-state index in [2.05, 4.69) is 15.1 Å². The third kappa shape index (κ3) is 4.96. The van der Waals surface area contributed by atoms with Crippen molar-refractivity contribution >= 4 is 46.2 Å². The number of rotatable bonds is 7. The fourth-order valence-electron chi connectivity index (χ4n) is 3.44. The van der Waals surface area contributed by atoms with Gasteiger partial charge in [-0.3, -0.25) is 4.79 Å². The standard InChI is InChI=1S/C25H21Cl2N3O2/c1-2-32-21-11-8-17(9-12-21)25(31)29-28-14-19-16-30(24-6-4-3-5-22(19)24)15-18-7-10-20(26)13-23(18)27/h3-14,16H,2,15H2,1H3,(H,29,31)/b28-14+. The predicted molar refractivity (Wildman–Crippen MR) is 130 cm³/mol. The van der Waals surface area contributed by atoms with Gasteiger partial charge in [0.2, 0.25) is 0 Å². The summed E-state index contributed by atoms with van der Waals surface area (Å²) in [7, 11) is 0. The molecule has 0 spiro atoms. The van der Waals surface area contributed by atoms with Crippen LogP contribution >= 0.6 is 23.2 Å². The molecular formula is C25H21Cl2N3O2. The Morgan fingerprint density at radius 1 is 1.09 bits per heavy atom. The number of ether oxygens (including phenoxy) is 1. The van der Waals surface area contributed by atoms with Gasteiger partial charge in [0.15, 0.2) is 0 Å². The summed E-state index contributed by atoms with van der Waals surface area (Å²) < 4.78 is 7.50. The number of nitrogens with zero attached hydrogens (tertiary/aromatic N) is 2. The van der Waals surface area contributed by atoms with Crippen molar-refractivity contribution in [2.75, 3.05) is 6.61 Å². The Bertz CT molecular complexity index is 1280. The van der Waals surface area contributed by atoms with Crippen LogP contribution in [-0.4, -0.2) is 23.3 Å². The number of fused-ring (bicyclic) bond motifs is 1. The van der Waals surface area contributed by atoms with Gasteiger partial charge in [0.25, 0.3) is 5.91 Å². The van der Waals surface area contributed by atoms with Gasteiger partial charge in [0, 0.05) is 44.8 Å². The zero-order valence-corrected chi connectivity index (χ0v) is 18.9. The molecule has 32 heavy (non-hydrogen) atoms. The van der Waals surface area contributed by atoms with Gasteiger partial charge in [0.1, 0.15) is 5.75 Å². The molecule has 0 aliphatic heterocycles. The molecule has 0 atom stereocenters. The van der Waals surface area contributed by atoms with E-state index >= 15 is 0 Å². The Morgan fingerprint density at radius 3 is 2.62 bits per heavy atom. The van der Waals surface area contributed by atoms with E-state index in [9.17, 15) is 4.79 Å². The van der Waals surface area contributed by atoms with Crippen molar-refractivity contribution in [2.24, 2.45) is 5.10 Å². The van der Waals surface area contributed by atoms with Crippen LogP contribution < -0.4 is 10.2 Å². The lowest BCUT2D eigenvalue weighted by Gasteiger charge is -2.08. The van der Waals surface area contributed by atoms with E-state index in [0.29, 0.717) is 28.8 Å². The Labute approximate surface area is 196 Å². The van der Waals surface area contributed by atoms with Gasteiger partial charge < -0.3 is 9.30 Å². The lowest BCUT2D eigenvalue weighted by Crippen LogP contribution is -2.17. The molecule has 0 aliphatic rings. The number of para-hydroxylation sites is 1. The van der Waals surface area contributed by atoms with E-state index in [1.807, 2.05) is 49.5 Å². The zero-order valence-electron chi connectivity index (χ0n) is 17.4. The van der Waals surface area contributed by atoms with Crippen molar-refractivity contribution in [1.82, 2.24) is 9.99 Å². The van der Waals surface area contributed by atoms with Crippen LogP contribution in [0.15, 0.2) is 78.0 Å². The zero-order chi connectivity index (χ0) is 22.5. The number of halogens is 2. The molecule has 1 amide bonds. The van der Waals surface area contributed by atoms with E-state index in [0.717, 1.165) is 27.8 Å². The number of hydrazone groups is 1. The molecule has 7 heteroatoms. The Hall–Kier alpha value is -3.28. The number of carbonyl (C=O) groups excluding carboxylic acids is 1. The number of amides is 1. The van der Waals surface area contributed by atoms with Crippen LogP contribution in [0.1, 0.15) is 28.4 Å². The second-order valence-corrected chi connectivity index (χ2v) is 7.97. The largest absolute Gasteiger partial charge is 0.494 e. The van der Waals surface area contributed by atoms with Gasteiger partial charge >= 0.3 is 0 Å². The average Bonchev–Trinajstić information content (AvgIpc) is 3.14. The van der Waals surface area contributed by atoms with E-state index in [-0.39, 0.29) is 5.91 Å². The molecule has 0 aliphatic carbocycles. The molecular weight excluding hydrogens is 445 g/mol. The van der Waals surface area contributed by atoms with Crippen LogP contribution in [0.25, 0.3) is 10.9 Å². The van der Waals surface area contributed by atoms with E-state index in [1.54, 1.807) is 36.5 Å². The monoisotopic (exact) mass is 465 g/mol. The van der Waals surface area contributed by atoms with Gasteiger partial charge in [0.05, 0.1) is 12.8 Å². The van der Waals surface area contributed by atoms with Crippen LogP contribution in [0.2, 0.25) is 10.0 Å². The molecule has 0 unspecified atom stereocenters. The van der Waals surface area contributed by atoms with Crippen LogP contribution in [0.3, 0.4) is 0 Å². The number of carbonyl (C=O) groups is 1. The Kier molecular flexibility index (Phi) is 6.78. The molecule has 0 bridgehead atoms. The predicted octanol–water partition coefficient (Wildman–Crippen LogP) is 6.16. The van der Waals surface area contributed by atoms with Gasteiger partial charge in [-0.05, 0) is 55.0 Å². The number of hydrogen-bond acceptors (Lipinski definition) is 3. The summed E-state index contributed by atoms with van der Waals surface area (Å²) in [6, 6.07) is 20.4. The highest BCUT2D eigenvalue weighted by Gasteiger charge is 2.10. The summed E-state index contributed by atoms with van der Waals surface area (Å²) >= 11 is 12.4. The SMILES string of the molecule is CCOc1ccc(C(=O)N/N=C/c2cn(Cc3ccc(Cl)cc3Cl)c3ccccc23)cc1. The van der Waals surface area contributed by atoms with E-state index in [4.69, 9.17) is 27.9 Å². The lowest BCUT2D eigenvalue weighted by molar-refractivity contribution is 0.0955. The number of nitrogens with one attached hydrogen (secondary N) is 1. The summed E-state index contributed by atoms with van der Waals surface area (Å²) in [6.07, 6.45) is 3.64. The van der Waals surface area contributed by atoms with E-state index < -0.39 is 0 Å². The molecule has 1 aromatic heterocycles. The highest BCUT2D eigenvalue weighted by molar-refractivity contribution is 6.35. The third-order valence-electron chi connectivity index (χ3n) is 4.97. The van der Waals surface area contributed by atoms with Crippen LogP contribution in [0.4, 0.5) is 0 Å². The Morgan fingerprint density at radius 2 is 1.88 bits per heavy atom. The first-order valence-electron chi connectivity index (χ1n) is 10.1. The quantitative estimate of drug-likeness (QED) is 0.262. The maximum absolute atomic E-state index is 12.4. The molecule has 0 saturated heterocycles. The molecule has 162 valence electrons. The molecule has 0 saturated carbocycles. The number of hydrogen-bond donors (Lipinski definition) is 1. The van der Waals surface area contributed by atoms with Gasteiger partial charge in [-0.2, -0.15) is 5.10 Å². The number of benzene rings is 3. The van der Waals surface area contributed by atoms with Gasteiger partial charge in [-0.1, -0.05) is 47.5 Å². The topological polar surface area (TPSA) is 55.6 Å². The summed E-state index contributed by atoms with van der Waals surface area (Å²) in [4.78, 5) is 12.4. The average molecular weight is 466 g/mol. The molecule has 3 aromatic carbocycles. The van der Waals surface area contributed by atoms with Crippen molar-refractivity contribution in [1.29, 1.82) is 0 Å². The summed E-state index contributed by atoms with van der Waals surface area (Å²) in [5.74, 6) is 0.433. The van der Waals surface area contributed by atoms with Crippen molar-refractivity contribution in [3.63, 3.8) is 0 Å². The first-order chi connectivity index (χ1) is 15.5. The Balaban J connectivity index is 1.53. The fourth-order valence-corrected chi connectivity index (χ4v) is 3.90. The van der Waals surface area contributed by atoms with Crippen molar-refractivity contribution < 1.29 is 9.53 Å². The number of aromatic nitrogens is 1. The first kappa shape index (κ1) is 21.9. The molecule has 1 N–H and O–H groups in total. The van der Waals surface area contributed by atoms with Crippen LogP contribution in [0, 0.1) is 0 Å². The first-order valence-corrected chi connectivity index (χ1v) is 10.9. The van der Waals surface area contributed by atoms with Crippen molar-refractivity contribution in [3.8, 4) is 5.75 Å². The molecule has 4 rings (SSSR count). The lowest BCUT2D eigenvalue weighted by atomic mass is 10.2.